The summed E-state index contributed by atoms with van der Waals surface area (Å²) in [6.07, 6.45) is 19.0. The van der Waals surface area contributed by atoms with E-state index in [1.807, 2.05) is 0 Å². The fourth-order valence-corrected chi connectivity index (χ4v) is 2.99. The molecule has 0 aromatic rings. The molecule has 0 N–H and O–H groups in total. The predicted molar refractivity (Wildman–Crippen MR) is 80.0 cm³/mol. The standard InChI is InChI=1S/C17H34O/c1-3-4-5-6-7-8-10-13-16(2)18-17-14-11-9-12-15-17/h16-17H,3-15H2,1-2H3. The third kappa shape index (κ3) is 8.13. The van der Waals surface area contributed by atoms with E-state index in [1.54, 1.807) is 0 Å². The molecular formula is C17H34O. The van der Waals surface area contributed by atoms with Crippen molar-refractivity contribution in [1.29, 1.82) is 0 Å². The fourth-order valence-electron chi connectivity index (χ4n) is 2.99. The zero-order chi connectivity index (χ0) is 13.1. The Bertz CT molecular complexity index is 172. The normalized spacial score (nSPS) is 19.0. The van der Waals surface area contributed by atoms with E-state index in [0.717, 1.165) is 0 Å². The van der Waals surface area contributed by atoms with Crippen molar-refractivity contribution in [3.63, 3.8) is 0 Å². The topological polar surface area (TPSA) is 9.23 Å². The summed E-state index contributed by atoms with van der Waals surface area (Å²) in [7, 11) is 0. The molecule has 108 valence electrons. The minimum absolute atomic E-state index is 0.490. The van der Waals surface area contributed by atoms with Crippen LogP contribution in [0.3, 0.4) is 0 Å². The highest BCUT2D eigenvalue weighted by Crippen LogP contribution is 2.22. The lowest BCUT2D eigenvalue weighted by Crippen LogP contribution is -2.22. The molecule has 1 fully saturated rings. The van der Waals surface area contributed by atoms with Gasteiger partial charge in [0.15, 0.2) is 0 Å². The molecule has 0 aliphatic heterocycles. The second-order valence-electron chi connectivity index (χ2n) is 6.12. The highest BCUT2D eigenvalue weighted by atomic mass is 16.5. The highest BCUT2D eigenvalue weighted by Gasteiger charge is 2.16. The Balaban J connectivity index is 1.88. The van der Waals surface area contributed by atoms with E-state index < -0.39 is 0 Å². The Hall–Kier alpha value is -0.0400. The summed E-state index contributed by atoms with van der Waals surface area (Å²) in [5.74, 6) is 0. The Kier molecular flexibility index (Phi) is 9.65. The van der Waals surface area contributed by atoms with Crippen LogP contribution in [0.4, 0.5) is 0 Å². The van der Waals surface area contributed by atoms with E-state index in [9.17, 15) is 0 Å². The molecule has 1 unspecified atom stereocenters. The van der Waals surface area contributed by atoms with Crippen LogP contribution in [-0.4, -0.2) is 12.2 Å². The van der Waals surface area contributed by atoms with Crippen molar-refractivity contribution in [3.05, 3.63) is 0 Å². The lowest BCUT2D eigenvalue weighted by Gasteiger charge is -2.25. The molecule has 1 saturated carbocycles. The fraction of sp³-hybridized carbons (Fsp3) is 1.00. The maximum Gasteiger partial charge on any atom is 0.0578 e. The summed E-state index contributed by atoms with van der Waals surface area (Å²) >= 11 is 0. The first-order chi connectivity index (χ1) is 8.83. The van der Waals surface area contributed by atoms with Crippen LogP contribution in [0.2, 0.25) is 0 Å². The predicted octanol–water partition coefficient (Wildman–Crippen LogP) is 5.86. The average Bonchev–Trinajstić information content (AvgIpc) is 2.39. The van der Waals surface area contributed by atoms with Gasteiger partial charge >= 0.3 is 0 Å². The Morgan fingerprint density at radius 1 is 0.889 bits per heavy atom. The first kappa shape index (κ1) is 16.0. The third-order valence-electron chi connectivity index (χ3n) is 4.19. The van der Waals surface area contributed by atoms with Crippen LogP contribution >= 0.6 is 0 Å². The van der Waals surface area contributed by atoms with Gasteiger partial charge in [-0.2, -0.15) is 0 Å². The van der Waals surface area contributed by atoms with Crippen molar-refractivity contribution in [3.8, 4) is 0 Å². The molecular weight excluding hydrogens is 220 g/mol. The molecule has 0 bridgehead atoms. The highest BCUT2D eigenvalue weighted by molar-refractivity contribution is 4.67. The van der Waals surface area contributed by atoms with E-state index in [-0.39, 0.29) is 0 Å². The SMILES string of the molecule is CCCCCCCCCC(C)OC1CCCCC1. The van der Waals surface area contributed by atoms with E-state index in [2.05, 4.69) is 13.8 Å². The van der Waals surface area contributed by atoms with E-state index in [0.29, 0.717) is 12.2 Å². The zero-order valence-electron chi connectivity index (χ0n) is 12.8. The second kappa shape index (κ2) is 10.8. The smallest absolute Gasteiger partial charge is 0.0578 e. The Labute approximate surface area is 115 Å². The second-order valence-corrected chi connectivity index (χ2v) is 6.12. The lowest BCUT2D eigenvalue weighted by molar-refractivity contribution is -0.0251. The maximum absolute atomic E-state index is 6.14. The minimum atomic E-state index is 0.490. The summed E-state index contributed by atoms with van der Waals surface area (Å²) in [6.45, 7) is 4.55. The summed E-state index contributed by atoms with van der Waals surface area (Å²) in [6, 6.07) is 0. The monoisotopic (exact) mass is 254 g/mol. The molecule has 1 heteroatoms. The Morgan fingerprint density at radius 3 is 2.17 bits per heavy atom. The van der Waals surface area contributed by atoms with E-state index >= 15 is 0 Å². The molecule has 0 amide bonds. The molecule has 1 nitrogen and oxygen atoms in total. The summed E-state index contributed by atoms with van der Waals surface area (Å²) in [4.78, 5) is 0. The van der Waals surface area contributed by atoms with Crippen LogP contribution in [0.5, 0.6) is 0 Å². The molecule has 1 rings (SSSR count). The van der Waals surface area contributed by atoms with Gasteiger partial charge in [-0.05, 0) is 26.2 Å². The molecule has 0 spiro atoms. The Morgan fingerprint density at radius 2 is 1.50 bits per heavy atom. The van der Waals surface area contributed by atoms with Crippen LogP contribution in [0, 0.1) is 0 Å². The first-order valence-electron chi connectivity index (χ1n) is 8.48. The van der Waals surface area contributed by atoms with Crippen LogP contribution in [0.1, 0.15) is 97.3 Å². The summed E-state index contributed by atoms with van der Waals surface area (Å²) in [5, 5.41) is 0. The molecule has 0 saturated heterocycles. The molecule has 18 heavy (non-hydrogen) atoms. The van der Waals surface area contributed by atoms with Crippen LogP contribution in [0.25, 0.3) is 0 Å². The summed E-state index contributed by atoms with van der Waals surface area (Å²) in [5.41, 5.74) is 0. The number of hydrogen-bond donors (Lipinski definition) is 0. The molecule has 0 aromatic heterocycles. The number of hydrogen-bond acceptors (Lipinski definition) is 1. The molecule has 0 radical (unpaired) electrons. The molecule has 0 heterocycles. The summed E-state index contributed by atoms with van der Waals surface area (Å²) < 4.78 is 6.14. The molecule has 1 atom stereocenters. The molecule has 0 aromatic carbocycles. The van der Waals surface area contributed by atoms with Crippen molar-refractivity contribution in [1.82, 2.24) is 0 Å². The van der Waals surface area contributed by atoms with Gasteiger partial charge in [0.1, 0.15) is 0 Å². The first-order valence-corrected chi connectivity index (χ1v) is 8.48. The van der Waals surface area contributed by atoms with Gasteiger partial charge < -0.3 is 4.74 Å². The van der Waals surface area contributed by atoms with Crippen molar-refractivity contribution in [2.24, 2.45) is 0 Å². The van der Waals surface area contributed by atoms with Gasteiger partial charge in [-0.3, -0.25) is 0 Å². The van der Waals surface area contributed by atoms with Crippen LogP contribution < -0.4 is 0 Å². The van der Waals surface area contributed by atoms with Gasteiger partial charge in [0, 0.05) is 0 Å². The van der Waals surface area contributed by atoms with Gasteiger partial charge in [0.2, 0.25) is 0 Å². The lowest BCUT2D eigenvalue weighted by atomic mass is 9.97. The van der Waals surface area contributed by atoms with Crippen molar-refractivity contribution in [2.75, 3.05) is 0 Å². The molecule has 1 aliphatic carbocycles. The van der Waals surface area contributed by atoms with Crippen molar-refractivity contribution >= 4 is 0 Å². The van der Waals surface area contributed by atoms with Crippen LogP contribution in [-0.2, 0) is 4.74 Å². The average molecular weight is 254 g/mol. The van der Waals surface area contributed by atoms with Gasteiger partial charge in [0.05, 0.1) is 12.2 Å². The number of unbranched alkanes of at least 4 members (excludes halogenated alkanes) is 6. The number of ether oxygens (including phenoxy) is 1. The van der Waals surface area contributed by atoms with Gasteiger partial charge in [-0.25, -0.2) is 0 Å². The van der Waals surface area contributed by atoms with Gasteiger partial charge in [-0.15, -0.1) is 0 Å². The zero-order valence-corrected chi connectivity index (χ0v) is 12.8. The minimum Gasteiger partial charge on any atom is -0.375 e. The van der Waals surface area contributed by atoms with Crippen LogP contribution in [0.15, 0.2) is 0 Å². The van der Waals surface area contributed by atoms with Gasteiger partial charge in [0.25, 0.3) is 0 Å². The largest absolute Gasteiger partial charge is 0.375 e. The third-order valence-corrected chi connectivity index (χ3v) is 4.19. The quantitative estimate of drug-likeness (QED) is 0.443. The number of rotatable bonds is 10. The molecule has 1 aliphatic rings. The van der Waals surface area contributed by atoms with Gasteiger partial charge in [-0.1, -0.05) is 71.1 Å². The maximum atomic E-state index is 6.14. The van der Waals surface area contributed by atoms with Crippen molar-refractivity contribution in [2.45, 2.75) is 110 Å². The van der Waals surface area contributed by atoms with E-state index in [4.69, 9.17) is 4.74 Å². The van der Waals surface area contributed by atoms with Crippen molar-refractivity contribution < 1.29 is 4.74 Å². The van der Waals surface area contributed by atoms with E-state index in [1.165, 1.54) is 83.5 Å².